The second-order valence-electron chi connectivity index (χ2n) is 7.33. The summed E-state index contributed by atoms with van der Waals surface area (Å²) in [7, 11) is 1.72. The maximum Gasteiger partial charge on any atom is 0.328 e. The van der Waals surface area contributed by atoms with Crippen LogP contribution in [-0.2, 0) is 18.4 Å². The van der Waals surface area contributed by atoms with Crippen molar-refractivity contribution in [2.75, 3.05) is 18.4 Å². The van der Waals surface area contributed by atoms with Gasteiger partial charge in [0.05, 0.1) is 22.3 Å². The minimum absolute atomic E-state index is 0.0522. The first kappa shape index (κ1) is 19.0. The lowest BCUT2D eigenvalue weighted by Crippen LogP contribution is -2.29. The van der Waals surface area contributed by atoms with Gasteiger partial charge in [-0.2, -0.15) is 0 Å². The average Bonchev–Trinajstić information content (AvgIpc) is 3.35. The number of aromatic nitrogens is 2. The van der Waals surface area contributed by atoms with Crippen molar-refractivity contribution in [3.63, 3.8) is 0 Å². The molecule has 29 heavy (non-hydrogen) atoms. The number of anilines is 1. The van der Waals surface area contributed by atoms with E-state index >= 15 is 0 Å². The van der Waals surface area contributed by atoms with E-state index < -0.39 is 0 Å². The predicted molar refractivity (Wildman–Crippen MR) is 112 cm³/mol. The first-order chi connectivity index (χ1) is 14.1. The molecule has 1 N–H and O–H groups in total. The van der Waals surface area contributed by atoms with Crippen molar-refractivity contribution >= 4 is 28.5 Å². The van der Waals surface area contributed by atoms with Gasteiger partial charge >= 0.3 is 5.69 Å². The zero-order valence-electron chi connectivity index (χ0n) is 16.4. The normalized spacial score (nSPS) is 13.8. The van der Waals surface area contributed by atoms with E-state index in [-0.39, 0.29) is 30.5 Å². The van der Waals surface area contributed by atoms with Crippen LogP contribution in [0.2, 0.25) is 0 Å². The summed E-state index contributed by atoms with van der Waals surface area (Å²) in [6.07, 6.45) is 2.17. The molecule has 3 aromatic rings. The number of likely N-dealkylation sites (tertiary alicyclic amines) is 1. The molecular weight excluding hydrogens is 368 g/mol. The Morgan fingerprint density at radius 3 is 2.38 bits per heavy atom. The number of fused-ring (bicyclic) bond motifs is 1. The molecular formula is C22H24N4O3. The number of amides is 2. The third-order valence-corrected chi connectivity index (χ3v) is 5.44. The van der Waals surface area contributed by atoms with Crippen LogP contribution >= 0.6 is 0 Å². The Labute approximate surface area is 168 Å². The van der Waals surface area contributed by atoms with Crippen molar-refractivity contribution in [3.05, 3.63) is 64.6 Å². The van der Waals surface area contributed by atoms with E-state index in [0.29, 0.717) is 11.3 Å². The molecule has 7 heteroatoms. The number of para-hydroxylation sites is 3. The summed E-state index contributed by atoms with van der Waals surface area (Å²) in [5.41, 5.74) is 2.50. The molecule has 2 amide bonds. The molecule has 0 atom stereocenters. The first-order valence-electron chi connectivity index (χ1n) is 9.88. The Bertz CT molecular complexity index is 1120. The molecule has 1 aliphatic rings. The molecule has 150 valence electrons. The van der Waals surface area contributed by atoms with E-state index in [4.69, 9.17) is 0 Å². The molecule has 1 aliphatic heterocycles. The Balaban J connectivity index is 1.48. The van der Waals surface area contributed by atoms with Crippen molar-refractivity contribution < 1.29 is 9.59 Å². The van der Waals surface area contributed by atoms with E-state index in [2.05, 4.69) is 5.32 Å². The van der Waals surface area contributed by atoms with Crippen molar-refractivity contribution in [2.45, 2.75) is 25.8 Å². The lowest BCUT2D eigenvalue weighted by Gasteiger charge is -2.18. The third-order valence-electron chi connectivity index (χ3n) is 5.44. The summed E-state index contributed by atoms with van der Waals surface area (Å²) in [5, 5.41) is 2.85. The molecule has 1 saturated heterocycles. The highest BCUT2D eigenvalue weighted by atomic mass is 16.2. The number of carbonyl (C=O) groups is 2. The van der Waals surface area contributed by atoms with Crippen LogP contribution in [0.5, 0.6) is 0 Å². The van der Waals surface area contributed by atoms with Gasteiger partial charge in [0.25, 0.3) is 5.91 Å². The minimum Gasteiger partial charge on any atom is -0.339 e. The van der Waals surface area contributed by atoms with E-state index in [0.717, 1.165) is 37.0 Å². The zero-order valence-corrected chi connectivity index (χ0v) is 16.4. The number of rotatable bonds is 5. The molecule has 0 aliphatic carbocycles. The second kappa shape index (κ2) is 7.95. The van der Waals surface area contributed by atoms with E-state index in [1.54, 1.807) is 40.4 Å². The fraction of sp³-hybridized carbons (Fsp3) is 0.318. The van der Waals surface area contributed by atoms with Crippen LogP contribution < -0.4 is 11.0 Å². The number of carbonyl (C=O) groups excluding carboxylic acids is 2. The first-order valence-corrected chi connectivity index (χ1v) is 9.88. The number of aryl methyl sites for hydroxylation is 2. The van der Waals surface area contributed by atoms with Crippen molar-refractivity contribution in [3.8, 4) is 0 Å². The van der Waals surface area contributed by atoms with Crippen LogP contribution in [0.25, 0.3) is 11.0 Å². The highest BCUT2D eigenvalue weighted by Crippen LogP contribution is 2.20. The topological polar surface area (TPSA) is 76.3 Å². The zero-order chi connectivity index (χ0) is 20.4. The van der Waals surface area contributed by atoms with Gasteiger partial charge in [-0.1, -0.05) is 24.3 Å². The lowest BCUT2D eigenvalue weighted by atomic mass is 10.1. The maximum absolute atomic E-state index is 12.7. The molecule has 0 unspecified atom stereocenters. The fourth-order valence-electron chi connectivity index (χ4n) is 3.87. The quantitative estimate of drug-likeness (QED) is 0.725. The van der Waals surface area contributed by atoms with Gasteiger partial charge < -0.3 is 10.2 Å². The van der Waals surface area contributed by atoms with Crippen LogP contribution in [0.3, 0.4) is 0 Å². The maximum atomic E-state index is 12.7. The summed E-state index contributed by atoms with van der Waals surface area (Å²) in [5.74, 6) is -0.282. The number of hydrogen-bond donors (Lipinski definition) is 1. The van der Waals surface area contributed by atoms with Crippen LogP contribution in [0.4, 0.5) is 5.69 Å². The fourth-order valence-corrected chi connectivity index (χ4v) is 3.87. The largest absolute Gasteiger partial charge is 0.339 e. The van der Waals surface area contributed by atoms with Crippen LogP contribution in [0.1, 0.15) is 29.6 Å². The monoisotopic (exact) mass is 392 g/mol. The van der Waals surface area contributed by atoms with Gasteiger partial charge in [-0.3, -0.25) is 18.7 Å². The summed E-state index contributed by atoms with van der Waals surface area (Å²) in [6.45, 7) is 1.78. The van der Waals surface area contributed by atoms with Crippen molar-refractivity contribution in [1.82, 2.24) is 14.0 Å². The van der Waals surface area contributed by atoms with Crippen molar-refractivity contribution in [2.24, 2.45) is 7.05 Å². The standard InChI is InChI=1S/C22H24N4O3/c1-24-18-10-4-5-11-19(18)26(22(24)29)15-12-20(27)23-17-9-3-2-8-16(17)21(28)25-13-6-7-14-25/h2-5,8-11H,6-7,12-15H2,1H3,(H,23,27). The van der Waals surface area contributed by atoms with Crippen LogP contribution in [0, 0.1) is 0 Å². The van der Waals surface area contributed by atoms with E-state index in [1.807, 2.05) is 29.2 Å². The SMILES string of the molecule is Cn1c(=O)n(CCC(=O)Nc2ccccc2C(=O)N2CCCC2)c2ccccc21. The number of benzene rings is 2. The van der Waals surface area contributed by atoms with Gasteiger partial charge in [-0.25, -0.2) is 4.79 Å². The Morgan fingerprint density at radius 1 is 0.966 bits per heavy atom. The summed E-state index contributed by atoms with van der Waals surface area (Å²) >= 11 is 0. The molecule has 1 fully saturated rings. The summed E-state index contributed by atoms with van der Waals surface area (Å²) in [6, 6.07) is 14.6. The van der Waals surface area contributed by atoms with Crippen LogP contribution in [-0.4, -0.2) is 38.9 Å². The average molecular weight is 392 g/mol. The highest BCUT2D eigenvalue weighted by Gasteiger charge is 2.22. The summed E-state index contributed by atoms with van der Waals surface area (Å²) < 4.78 is 3.19. The molecule has 0 bridgehead atoms. The minimum atomic E-state index is -0.230. The Morgan fingerprint density at radius 2 is 1.62 bits per heavy atom. The van der Waals surface area contributed by atoms with Gasteiger partial charge in [0.2, 0.25) is 5.91 Å². The molecule has 2 aromatic carbocycles. The second-order valence-corrected chi connectivity index (χ2v) is 7.33. The Kier molecular flexibility index (Phi) is 5.20. The van der Waals surface area contributed by atoms with Gasteiger partial charge in [0.1, 0.15) is 0 Å². The highest BCUT2D eigenvalue weighted by molar-refractivity contribution is 6.03. The molecule has 2 heterocycles. The molecule has 7 nitrogen and oxygen atoms in total. The van der Waals surface area contributed by atoms with Gasteiger partial charge in [0, 0.05) is 33.1 Å². The number of imidazole rings is 1. The van der Waals surface area contributed by atoms with Gasteiger partial charge in [0.15, 0.2) is 0 Å². The summed E-state index contributed by atoms with van der Waals surface area (Å²) in [4.78, 5) is 39.6. The molecule has 0 spiro atoms. The number of nitrogens with one attached hydrogen (secondary N) is 1. The van der Waals surface area contributed by atoms with E-state index in [9.17, 15) is 14.4 Å². The van der Waals surface area contributed by atoms with Gasteiger partial charge in [-0.15, -0.1) is 0 Å². The van der Waals surface area contributed by atoms with Crippen LogP contribution in [0.15, 0.2) is 53.3 Å². The molecule has 0 saturated carbocycles. The van der Waals surface area contributed by atoms with Gasteiger partial charge in [-0.05, 0) is 37.1 Å². The van der Waals surface area contributed by atoms with Crippen molar-refractivity contribution in [1.29, 1.82) is 0 Å². The Hall–Kier alpha value is -3.35. The lowest BCUT2D eigenvalue weighted by molar-refractivity contribution is -0.116. The number of nitrogens with zero attached hydrogens (tertiary/aromatic N) is 3. The number of hydrogen-bond acceptors (Lipinski definition) is 3. The molecule has 0 radical (unpaired) electrons. The molecule has 4 rings (SSSR count). The predicted octanol–water partition coefficient (Wildman–Crippen LogP) is 2.60. The third kappa shape index (κ3) is 3.68. The molecule has 1 aromatic heterocycles. The smallest absolute Gasteiger partial charge is 0.328 e. The van der Waals surface area contributed by atoms with E-state index in [1.165, 1.54) is 0 Å².